The second kappa shape index (κ2) is 8.14. The third-order valence-electron chi connectivity index (χ3n) is 6.07. The van der Waals surface area contributed by atoms with Gasteiger partial charge in [0.15, 0.2) is 6.29 Å². The molecule has 0 unspecified atom stereocenters. The molecule has 148 valence electrons. The SMILES string of the molecule is COC(OC)C1CCN(c2ccc3c(c2)CN([C@@H]2CNCCN2)C3=O)CC1. The molecule has 1 aromatic rings. The fourth-order valence-corrected chi connectivity index (χ4v) is 4.55. The van der Waals surface area contributed by atoms with Gasteiger partial charge in [0.05, 0.1) is 6.17 Å². The van der Waals surface area contributed by atoms with Gasteiger partial charge in [-0.2, -0.15) is 0 Å². The molecule has 0 radical (unpaired) electrons. The van der Waals surface area contributed by atoms with Crippen molar-refractivity contribution in [1.82, 2.24) is 15.5 Å². The van der Waals surface area contributed by atoms with E-state index in [1.165, 1.54) is 5.69 Å². The lowest BCUT2D eigenvalue weighted by atomic mass is 9.95. The number of piperazine rings is 1. The molecule has 2 N–H and O–H groups in total. The summed E-state index contributed by atoms with van der Waals surface area (Å²) in [5.74, 6) is 0.576. The number of nitrogens with zero attached hydrogens (tertiary/aromatic N) is 2. The van der Waals surface area contributed by atoms with Gasteiger partial charge >= 0.3 is 0 Å². The van der Waals surface area contributed by atoms with E-state index in [4.69, 9.17) is 9.47 Å². The van der Waals surface area contributed by atoms with Crippen LogP contribution in [0.1, 0.15) is 28.8 Å². The molecule has 1 aromatic carbocycles. The van der Waals surface area contributed by atoms with Gasteiger partial charge in [-0.05, 0) is 36.6 Å². The van der Waals surface area contributed by atoms with Crippen LogP contribution in [-0.2, 0) is 16.0 Å². The minimum Gasteiger partial charge on any atom is -0.372 e. The predicted octanol–water partition coefficient (Wildman–Crippen LogP) is 0.997. The van der Waals surface area contributed by atoms with E-state index in [2.05, 4.69) is 27.7 Å². The molecule has 0 bridgehead atoms. The Morgan fingerprint density at radius 2 is 1.93 bits per heavy atom. The van der Waals surface area contributed by atoms with Gasteiger partial charge in [0.1, 0.15) is 0 Å². The summed E-state index contributed by atoms with van der Waals surface area (Å²) in [5.41, 5.74) is 3.20. The number of ether oxygens (including phenoxy) is 2. The fourth-order valence-electron chi connectivity index (χ4n) is 4.55. The molecule has 0 aliphatic carbocycles. The van der Waals surface area contributed by atoms with Crippen LogP contribution in [0.2, 0.25) is 0 Å². The highest BCUT2D eigenvalue weighted by molar-refractivity contribution is 5.99. The summed E-state index contributed by atoms with van der Waals surface area (Å²) in [6.45, 7) is 5.32. The van der Waals surface area contributed by atoms with E-state index >= 15 is 0 Å². The number of piperidine rings is 1. The average molecular weight is 374 g/mol. The second-order valence-corrected chi connectivity index (χ2v) is 7.61. The van der Waals surface area contributed by atoms with Crippen LogP contribution in [0.5, 0.6) is 0 Å². The zero-order chi connectivity index (χ0) is 18.8. The maximum Gasteiger partial charge on any atom is 0.255 e. The van der Waals surface area contributed by atoms with Crippen molar-refractivity contribution in [3.05, 3.63) is 29.3 Å². The molecule has 1 atom stereocenters. The first kappa shape index (κ1) is 18.7. The quantitative estimate of drug-likeness (QED) is 0.750. The second-order valence-electron chi connectivity index (χ2n) is 7.61. The number of carbonyl (C=O) groups is 1. The van der Waals surface area contributed by atoms with Crippen molar-refractivity contribution in [2.24, 2.45) is 5.92 Å². The van der Waals surface area contributed by atoms with Crippen LogP contribution in [0.4, 0.5) is 5.69 Å². The fraction of sp³-hybridized carbons (Fsp3) is 0.650. The molecule has 2 fully saturated rings. The summed E-state index contributed by atoms with van der Waals surface area (Å²) in [6.07, 6.45) is 2.06. The van der Waals surface area contributed by atoms with Crippen molar-refractivity contribution in [1.29, 1.82) is 0 Å². The maximum absolute atomic E-state index is 12.8. The molecule has 3 heterocycles. The Kier molecular flexibility index (Phi) is 5.63. The summed E-state index contributed by atoms with van der Waals surface area (Å²) >= 11 is 0. The van der Waals surface area contributed by atoms with E-state index < -0.39 is 0 Å². The standard InChI is InChI=1S/C20H30N4O3/c1-26-20(27-2)14-5-9-23(10-6-14)16-3-4-17-15(11-16)13-24(19(17)25)18-12-21-7-8-22-18/h3-4,11,14,18,20-22H,5-10,12-13H2,1-2H3/t18-/m1/s1. The Bertz CT molecular complexity index is 665. The van der Waals surface area contributed by atoms with Gasteiger partial charge in [0.25, 0.3) is 5.91 Å². The first-order chi connectivity index (χ1) is 13.2. The third kappa shape index (κ3) is 3.69. The Hall–Kier alpha value is -1.67. The minimum absolute atomic E-state index is 0.0814. The monoisotopic (exact) mass is 374 g/mol. The number of carbonyl (C=O) groups excluding carboxylic acids is 1. The van der Waals surface area contributed by atoms with Crippen molar-refractivity contribution in [3.8, 4) is 0 Å². The molecule has 7 nitrogen and oxygen atoms in total. The largest absolute Gasteiger partial charge is 0.372 e. The Balaban J connectivity index is 1.42. The van der Waals surface area contributed by atoms with Crippen molar-refractivity contribution in [2.45, 2.75) is 31.8 Å². The van der Waals surface area contributed by atoms with E-state index in [0.29, 0.717) is 12.5 Å². The Morgan fingerprint density at radius 3 is 2.59 bits per heavy atom. The molecule has 7 heteroatoms. The van der Waals surface area contributed by atoms with Gasteiger partial charge in [0, 0.05) is 70.7 Å². The molecule has 0 spiro atoms. The van der Waals surface area contributed by atoms with Gasteiger partial charge in [-0.25, -0.2) is 0 Å². The van der Waals surface area contributed by atoms with Gasteiger partial charge in [-0.1, -0.05) is 0 Å². The van der Waals surface area contributed by atoms with Crippen molar-refractivity contribution in [2.75, 3.05) is 51.8 Å². The minimum atomic E-state index is -0.116. The van der Waals surface area contributed by atoms with E-state index in [1.54, 1.807) is 14.2 Å². The number of hydrogen-bond acceptors (Lipinski definition) is 6. The highest BCUT2D eigenvalue weighted by Gasteiger charge is 2.34. The number of amides is 1. The summed E-state index contributed by atoms with van der Waals surface area (Å²) in [6, 6.07) is 6.30. The zero-order valence-corrected chi connectivity index (χ0v) is 16.2. The van der Waals surface area contributed by atoms with E-state index in [0.717, 1.165) is 56.7 Å². The molecular weight excluding hydrogens is 344 g/mol. The first-order valence-corrected chi connectivity index (χ1v) is 9.90. The van der Waals surface area contributed by atoms with E-state index in [9.17, 15) is 4.79 Å². The van der Waals surface area contributed by atoms with Gasteiger partial charge in [-0.15, -0.1) is 0 Å². The average Bonchev–Trinajstić information content (AvgIpc) is 3.06. The van der Waals surface area contributed by atoms with Crippen molar-refractivity contribution < 1.29 is 14.3 Å². The van der Waals surface area contributed by atoms with Crippen LogP contribution >= 0.6 is 0 Å². The first-order valence-electron chi connectivity index (χ1n) is 9.90. The zero-order valence-electron chi connectivity index (χ0n) is 16.2. The smallest absolute Gasteiger partial charge is 0.255 e. The number of hydrogen-bond donors (Lipinski definition) is 2. The molecule has 1 amide bonds. The summed E-state index contributed by atoms with van der Waals surface area (Å²) in [4.78, 5) is 17.1. The molecule has 2 saturated heterocycles. The molecule has 4 rings (SSSR count). The predicted molar refractivity (Wildman–Crippen MR) is 104 cm³/mol. The Labute approximate surface area is 161 Å². The van der Waals surface area contributed by atoms with Crippen LogP contribution in [0.15, 0.2) is 18.2 Å². The molecule has 3 aliphatic heterocycles. The number of methoxy groups -OCH3 is 2. The molecular formula is C20H30N4O3. The van der Waals surface area contributed by atoms with Crippen LogP contribution in [0.25, 0.3) is 0 Å². The lowest BCUT2D eigenvalue weighted by Gasteiger charge is -2.36. The number of nitrogens with one attached hydrogen (secondary N) is 2. The van der Waals surface area contributed by atoms with Crippen LogP contribution < -0.4 is 15.5 Å². The Morgan fingerprint density at radius 1 is 1.15 bits per heavy atom. The van der Waals surface area contributed by atoms with E-state index in [-0.39, 0.29) is 18.4 Å². The highest BCUT2D eigenvalue weighted by atomic mass is 16.7. The molecule has 0 aromatic heterocycles. The summed E-state index contributed by atoms with van der Waals surface area (Å²) < 4.78 is 10.9. The van der Waals surface area contributed by atoms with Crippen LogP contribution in [-0.4, -0.2) is 70.2 Å². The van der Waals surface area contributed by atoms with Gasteiger partial charge in [0.2, 0.25) is 0 Å². The lowest BCUT2D eigenvalue weighted by Crippen LogP contribution is -2.57. The van der Waals surface area contributed by atoms with Crippen molar-refractivity contribution >= 4 is 11.6 Å². The molecule has 3 aliphatic rings. The maximum atomic E-state index is 12.8. The van der Waals surface area contributed by atoms with Gasteiger partial charge in [-0.3, -0.25) is 10.1 Å². The lowest BCUT2D eigenvalue weighted by molar-refractivity contribution is -0.141. The summed E-state index contributed by atoms with van der Waals surface area (Å²) in [7, 11) is 3.42. The highest BCUT2D eigenvalue weighted by Crippen LogP contribution is 2.31. The molecule has 0 saturated carbocycles. The number of anilines is 1. The molecule has 27 heavy (non-hydrogen) atoms. The van der Waals surface area contributed by atoms with Crippen molar-refractivity contribution in [3.63, 3.8) is 0 Å². The third-order valence-corrected chi connectivity index (χ3v) is 6.07. The van der Waals surface area contributed by atoms with Crippen LogP contribution in [0, 0.1) is 5.92 Å². The summed E-state index contributed by atoms with van der Waals surface area (Å²) in [5, 5.41) is 6.80. The van der Waals surface area contributed by atoms with E-state index in [1.807, 2.05) is 11.0 Å². The number of rotatable bonds is 5. The number of fused-ring (bicyclic) bond motifs is 1. The van der Waals surface area contributed by atoms with Crippen LogP contribution in [0.3, 0.4) is 0 Å². The topological polar surface area (TPSA) is 66.1 Å². The van der Waals surface area contributed by atoms with Gasteiger partial charge < -0.3 is 24.6 Å². The number of benzene rings is 1. The normalized spacial score (nSPS) is 24.0.